The van der Waals surface area contributed by atoms with E-state index in [2.05, 4.69) is 15.3 Å². The Morgan fingerprint density at radius 2 is 1.91 bits per heavy atom. The van der Waals surface area contributed by atoms with Gasteiger partial charge in [0.1, 0.15) is 28.2 Å². The summed E-state index contributed by atoms with van der Waals surface area (Å²) < 4.78 is 81.8. The smallest absolute Gasteiger partial charge is 0.417 e. The van der Waals surface area contributed by atoms with E-state index in [9.17, 15) is 27.6 Å². The summed E-state index contributed by atoms with van der Waals surface area (Å²) in [5.74, 6) is -2.23. The predicted molar refractivity (Wildman–Crippen MR) is 158 cm³/mol. The zero-order valence-electron chi connectivity index (χ0n) is 23.8. The normalized spacial score (nSPS) is 21.7. The number of carbonyl (C=O) groups excluding carboxylic acids is 1. The number of nitrogen functional groups attached to an aromatic ring is 1. The summed E-state index contributed by atoms with van der Waals surface area (Å²) in [7, 11) is 1.67. The molecule has 45 heavy (non-hydrogen) atoms. The molecule has 234 valence electrons. The van der Waals surface area contributed by atoms with E-state index in [-0.39, 0.29) is 80.4 Å². The lowest BCUT2D eigenvalue weighted by Gasteiger charge is -2.34. The summed E-state index contributed by atoms with van der Waals surface area (Å²) in [6.07, 6.45) is -3.03. The van der Waals surface area contributed by atoms with Crippen molar-refractivity contribution in [2.75, 3.05) is 43.9 Å². The van der Waals surface area contributed by atoms with Crippen LogP contribution in [-0.4, -0.2) is 66.1 Å². The predicted octanol–water partition coefficient (Wildman–Crippen LogP) is 5.06. The maximum Gasteiger partial charge on any atom is 0.417 e. The number of benzene rings is 2. The van der Waals surface area contributed by atoms with E-state index in [4.69, 9.17) is 10.5 Å². The summed E-state index contributed by atoms with van der Waals surface area (Å²) in [6, 6.07) is 4.52. The van der Waals surface area contributed by atoms with Gasteiger partial charge in [0.05, 0.1) is 22.4 Å². The molecule has 0 saturated carbocycles. The number of nitrogens with one attached hydrogen (secondary N) is 1. The van der Waals surface area contributed by atoms with Crippen LogP contribution in [0, 0.1) is 28.9 Å². The maximum absolute atomic E-state index is 16.8. The van der Waals surface area contributed by atoms with Crippen LogP contribution in [0.25, 0.3) is 32.1 Å². The van der Waals surface area contributed by atoms with Crippen LogP contribution in [-0.2, 0) is 11.0 Å². The van der Waals surface area contributed by atoms with Crippen molar-refractivity contribution >= 4 is 49.1 Å². The molecule has 3 aliphatic heterocycles. The lowest BCUT2D eigenvalue weighted by molar-refractivity contribution is -0.137. The summed E-state index contributed by atoms with van der Waals surface area (Å²) in [6.45, 7) is 1.36. The molecule has 3 atom stereocenters. The number of rotatable bonds is 5. The fourth-order valence-corrected chi connectivity index (χ4v) is 7.67. The second kappa shape index (κ2) is 10.7. The minimum absolute atomic E-state index is 0.0429. The SMILES string of the molecule is CN1CC(COc2nc(N3CC4CCC(C3)N4)c3cc(C(F)(F)F)c(-c4ccc(F)c5sc(N)c(C#N)c45)c(F)c3n2)CC1=O. The van der Waals surface area contributed by atoms with Crippen LogP contribution in [0.2, 0.25) is 0 Å². The van der Waals surface area contributed by atoms with Gasteiger partial charge >= 0.3 is 12.2 Å². The average Bonchev–Trinajstić information content (AvgIpc) is 3.64. The van der Waals surface area contributed by atoms with Gasteiger partial charge in [0.25, 0.3) is 0 Å². The Hall–Kier alpha value is -4.29. The van der Waals surface area contributed by atoms with Crippen LogP contribution in [0.15, 0.2) is 18.2 Å². The van der Waals surface area contributed by atoms with Gasteiger partial charge < -0.3 is 25.6 Å². The standard InChI is InChI=1S/C30H26F5N7O2S/c1-41-9-13(6-21(41)43)12-44-29-39-25-17(28(40-29)42-10-14-2-3-15(11-42)38-14)7-19(30(33,34)35)23(24(25)32)16-4-5-20(31)26-22(16)18(8-36)27(37)45-26/h4-5,7,13-15,38H,2-3,6,9-12,37H2,1H3. The van der Waals surface area contributed by atoms with Crippen LogP contribution >= 0.6 is 11.3 Å². The molecule has 15 heteroatoms. The molecule has 2 bridgehead atoms. The summed E-state index contributed by atoms with van der Waals surface area (Å²) >= 11 is 0.701. The largest absolute Gasteiger partial charge is 0.463 e. The van der Waals surface area contributed by atoms with Gasteiger partial charge in [-0.05, 0) is 30.5 Å². The van der Waals surface area contributed by atoms with E-state index in [0.717, 1.165) is 31.0 Å². The van der Waals surface area contributed by atoms with Crippen molar-refractivity contribution in [2.45, 2.75) is 37.5 Å². The Kier molecular flexibility index (Phi) is 6.97. The molecule has 2 aromatic carbocycles. The molecule has 0 spiro atoms. The third-order valence-corrected chi connectivity index (χ3v) is 9.81. The second-order valence-corrected chi connectivity index (χ2v) is 12.8. The molecule has 3 aliphatic rings. The zero-order valence-corrected chi connectivity index (χ0v) is 24.7. The summed E-state index contributed by atoms with van der Waals surface area (Å²) in [4.78, 5) is 24.2. The molecular formula is C30H26F5N7O2S. The number of nitrogens with two attached hydrogens (primary N) is 1. The Morgan fingerprint density at radius 1 is 1.18 bits per heavy atom. The zero-order chi connectivity index (χ0) is 31.8. The number of piperazine rings is 1. The van der Waals surface area contributed by atoms with Gasteiger partial charge in [0, 0.05) is 67.4 Å². The fraction of sp³-hybridized carbons (Fsp3) is 0.400. The van der Waals surface area contributed by atoms with Gasteiger partial charge in [-0.15, -0.1) is 11.3 Å². The number of hydrogen-bond acceptors (Lipinski definition) is 9. The van der Waals surface area contributed by atoms with E-state index in [1.165, 1.54) is 0 Å². The number of hydrogen-bond donors (Lipinski definition) is 2. The number of thiophene rings is 1. The van der Waals surface area contributed by atoms with Crippen molar-refractivity contribution in [3.8, 4) is 23.2 Å². The minimum atomic E-state index is -5.05. The van der Waals surface area contributed by atoms with Crippen molar-refractivity contribution in [3.05, 3.63) is 41.0 Å². The third-order valence-electron chi connectivity index (χ3n) is 8.78. The molecule has 1 amide bonds. The number of carbonyl (C=O) groups is 1. The number of fused-ring (bicyclic) bond motifs is 4. The molecule has 9 nitrogen and oxygen atoms in total. The van der Waals surface area contributed by atoms with Crippen molar-refractivity contribution in [3.63, 3.8) is 0 Å². The van der Waals surface area contributed by atoms with Gasteiger partial charge in [-0.2, -0.15) is 28.4 Å². The van der Waals surface area contributed by atoms with Gasteiger partial charge in [-0.3, -0.25) is 4.79 Å². The van der Waals surface area contributed by atoms with Crippen LogP contribution in [0.1, 0.15) is 30.4 Å². The number of nitriles is 1. The highest BCUT2D eigenvalue weighted by Crippen LogP contribution is 2.48. The van der Waals surface area contributed by atoms with Crippen LogP contribution in [0.5, 0.6) is 6.01 Å². The van der Waals surface area contributed by atoms with Crippen molar-refractivity contribution in [1.29, 1.82) is 5.26 Å². The van der Waals surface area contributed by atoms with Gasteiger partial charge in [-0.25, -0.2) is 8.78 Å². The third kappa shape index (κ3) is 4.96. The first-order chi connectivity index (χ1) is 21.4. The molecular weight excluding hydrogens is 617 g/mol. The van der Waals surface area contributed by atoms with Crippen LogP contribution in [0.3, 0.4) is 0 Å². The van der Waals surface area contributed by atoms with E-state index in [1.807, 2.05) is 11.0 Å². The average molecular weight is 644 g/mol. The van der Waals surface area contributed by atoms with E-state index >= 15 is 4.39 Å². The Labute approximate surface area is 257 Å². The number of ether oxygens (including phenoxy) is 1. The van der Waals surface area contributed by atoms with Crippen LogP contribution < -0.4 is 20.7 Å². The lowest BCUT2D eigenvalue weighted by Crippen LogP contribution is -2.51. The molecule has 4 aromatic rings. The first kappa shape index (κ1) is 29.4. The number of amides is 1. The molecule has 2 aromatic heterocycles. The first-order valence-corrected chi connectivity index (χ1v) is 15.1. The number of anilines is 2. The van der Waals surface area contributed by atoms with Gasteiger partial charge in [-0.1, -0.05) is 6.07 Å². The highest BCUT2D eigenvalue weighted by atomic mass is 32.1. The molecule has 0 aliphatic carbocycles. The molecule has 7 rings (SSSR count). The highest BCUT2D eigenvalue weighted by molar-refractivity contribution is 7.23. The number of likely N-dealkylation sites (tertiary alicyclic amines) is 1. The molecule has 3 N–H and O–H groups in total. The maximum atomic E-state index is 16.8. The van der Waals surface area contributed by atoms with Crippen molar-refractivity contribution < 1.29 is 31.5 Å². The fourth-order valence-electron chi connectivity index (χ4n) is 6.72. The molecule has 3 unspecified atom stereocenters. The number of nitrogens with zero attached hydrogens (tertiary/aromatic N) is 5. The van der Waals surface area contributed by atoms with Crippen LogP contribution in [0.4, 0.5) is 32.8 Å². The first-order valence-electron chi connectivity index (χ1n) is 14.3. The quantitative estimate of drug-likeness (QED) is 0.290. The highest BCUT2D eigenvalue weighted by Gasteiger charge is 2.40. The van der Waals surface area contributed by atoms with Crippen molar-refractivity contribution in [2.24, 2.45) is 5.92 Å². The monoisotopic (exact) mass is 643 g/mol. The Bertz CT molecular complexity index is 1910. The summed E-state index contributed by atoms with van der Waals surface area (Å²) in [5, 5.41) is 12.8. The molecule has 0 radical (unpaired) electrons. The molecule has 3 saturated heterocycles. The van der Waals surface area contributed by atoms with Gasteiger partial charge in [0.15, 0.2) is 5.82 Å². The van der Waals surface area contributed by atoms with E-state index in [0.29, 0.717) is 31.0 Å². The van der Waals surface area contributed by atoms with E-state index < -0.39 is 34.5 Å². The Morgan fingerprint density at radius 3 is 2.56 bits per heavy atom. The minimum Gasteiger partial charge on any atom is -0.463 e. The van der Waals surface area contributed by atoms with Crippen molar-refractivity contribution in [1.82, 2.24) is 20.2 Å². The molecule has 5 heterocycles. The lowest BCUT2D eigenvalue weighted by atomic mass is 9.92. The number of aromatic nitrogens is 2. The molecule has 3 fully saturated rings. The van der Waals surface area contributed by atoms with E-state index in [1.54, 1.807) is 11.9 Å². The second-order valence-electron chi connectivity index (χ2n) is 11.8. The number of halogens is 5. The number of alkyl halides is 3. The van der Waals surface area contributed by atoms with Gasteiger partial charge in [0.2, 0.25) is 5.91 Å². The Balaban J connectivity index is 1.46. The summed E-state index contributed by atoms with van der Waals surface area (Å²) in [5.41, 5.74) is 2.73. The topological polar surface area (TPSA) is 120 Å².